The third-order valence-electron chi connectivity index (χ3n) is 10.2. The quantitative estimate of drug-likeness (QED) is 0.0793. The van der Waals surface area contributed by atoms with E-state index in [4.69, 9.17) is 29.7 Å². The predicted molar refractivity (Wildman–Crippen MR) is 225 cm³/mol. The first kappa shape index (κ1) is 55.2. The van der Waals surface area contributed by atoms with Gasteiger partial charge in [0.2, 0.25) is 0 Å². The van der Waals surface area contributed by atoms with Crippen molar-refractivity contribution < 1.29 is 82.9 Å². The van der Waals surface area contributed by atoms with Crippen molar-refractivity contribution in [3.05, 3.63) is 131 Å². The number of nitrogens with zero attached hydrogens (tertiary/aromatic N) is 3. The van der Waals surface area contributed by atoms with Crippen molar-refractivity contribution in [2.45, 2.75) is 57.7 Å². The van der Waals surface area contributed by atoms with Gasteiger partial charge >= 0.3 is 36.4 Å². The van der Waals surface area contributed by atoms with Crippen LogP contribution in [-0.4, -0.2) is 131 Å². The molecular weight excluding hydrogens is 913 g/mol. The molecule has 12 nitrogen and oxygen atoms in total. The molecule has 0 unspecified atom stereocenters. The third kappa shape index (κ3) is 19.7. The van der Waals surface area contributed by atoms with E-state index in [0.29, 0.717) is 23.7 Å². The molecule has 67 heavy (non-hydrogen) atoms. The first-order valence-electron chi connectivity index (χ1n) is 20.4. The number of alkyl halides is 9. The van der Waals surface area contributed by atoms with Crippen molar-refractivity contribution in [2.75, 3.05) is 52.9 Å². The number of nitrogens with one attached hydrogen (secondary N) is 2. The van der Waals surface area contributed by atoms with E-state index in [2.05, 4.69) is 82.9 Å². The number of likely N-dealkylation sites (N-methyl/N-ethyl adjacent to an activating group) is 1. The summed E-state index contributed by atoms with van der Waals surface area (Å²) < 4.78 is 111. The Kier molecular flexibility index (Phi) is 20.3. The van der Waals surface area contributed by atoms with Crippen LogP contribution in [0.2, 0.25) is 0 Å². The number of rotatable bonds is 10. The molecule has 1 atom stereocenters. The average molecular weight is 963 g/mol. The number of carboxylic acid groups (broad SMARTS) is 3. The van der Waals surface area contributed by atoms with E-state index in [1.807, 2.05) is 36.4 Å². The zero-order valence-electron chi connectivity index (χ0n) is 36.2. The van der Waals surface area contributed by atoms with Crippen molar-refractivity contribution >= 4 is 23.8 Å². The van der Waals surface area contributed by atoms with Gasteiger partial charge in [-0.25, -0.2) is 18.8 Å². The number of benzene rings is 4. The van der Waals surface area contributed by atoms with Gasteiger partial charge in [0.1, 0.15) is 12.4 Å². The smallest absolute Gasteiger partial charge is 0.475 e. The second-order valence-corrected chi connectivity index (χ2v) is 15.9. The Morgan fingerprint density at radius 1 is 0.657 bits per heavy atom. The van der Waals surface area contributed by atoms with E-state index in [0.717, 1.165) is 86.6 Å². The van der Waals surface area contributed by atoms with Crippen LogP contribution in [0.15, 0.2) is 97.1 Å². The number of carbonyl (C=O) groups is 4. The highest BCUT2D eigenvalue weighted by Crippen LogP contribution is 2.26. The van der Waals surface area contributed by atoms with Gasteiger partial charge in [-0.3, -0.25) is 14.6 Å². The van der Waals surface area contributed by atoms with Crippen LogP contribution in [0.4, 0.5) is 43.9 Å². The van der Waals surface area contributed by atoms with Gasteiger partial charge in [0.05, 0.1) is 20.1 Å². The fourth-order valence-electron chi connectivity index (χ4n) is 6.84. The normalized spacial score (nSPS) is 16.4. The molecule has 4 aromatic rings. The second kappa shape index (κ2) is 24.6. The van der Waals surface area contributed by atoms with Gasteiger partial charge in [0, 0.05) is 75.1 Å². The molecule has 22 heteroatoms. The molecule has 2 heterocycles. The number of carbonyl (C=O) groups excluding carboxylic acids is 1. The van der Waals surface area contributed by atoms with Gasteiger partial charge in [-0.2, -0.15) is 39.5 Å². The Bertz CT molecular complexity index is 2200. The van der Waals surface area contributed by atoms with Crippen molar-refractivity contribution in [2.24, 2.45) is 0 Å². The first-order valence-corrected chi connectivity index (χ1v) is 20.4. The number of halogens is 10. The summed E-state index contributed by atoms with van der Waals surface area (Å²) in [6, 6.07) is 32.4. The first-order chi connectivity index (χ1) is 31.1. The average Bonchev–Trinajstić information content (AvgIpc) is 3.24. The monoisotopic (exact) mass is 962 g/mol. The van der Waals surface area contributed by atoms with E-state index in [-0.39, 0.29) is 11.7 Å². The number of hydrogen-bond donors (Lipinski definition) is 5. The molecule has 0 aliphatic carbocycles. The molecule has 0 saturated carbocycles. The van der Waals surface area contributed by atoms with Crippen LogP contribution in [0.1, 0.15) is 39.5 Å². The summed E-state index contributed by atoms with van der Waals surface area (Å²) in [7, 11) is 2.35. The maximum absolute atomic E-state index is 15.0. The Labute approximate surface area is 379 Å². The maximum Gasteiger partial charge on any atom is 0.490 e. The molecule has 0 aromatic heterocycles. The van der Waals surface area contributed by atoms with Crippen molar-refractivity contribution in [1.82, 2.24) is 20.4 Å². The van der Waals surface area contributed by atoms with Gasteiger partial charge in [-0.05, 0) is 59.5 Å². The lowest BCUT2D eigenvalue weighted by atomic mass is 10.00. The molecule has 6 rings (SSSR count). The van der Waals surface area contributed by atoms with Crippen LogP contribution in [0.5, 0.6) is 0 Å². The van der Waals surface area contributed by atoms with E-state index >= 15 is 4.39 Å². The predicted octanol–water partition coefficient (Wildman–Crippen LogP) is 7.58. The summed E-state index contributed by atoms with van der Waals surface area (Å²) in [4.78, 5) is 44.8. The summed E-state index contributed by atoms with van der Waals surface area (Å²) in [5, 5.41) is 27.9. The topological polar surface area (TPSA) is 160 Å². The van der Waals surface area contributed by atoms with Gasteiger partial charge in [-0.15, -0.1) is 0 Å². The van der Waals surface area contributed by atoms with Crippen LogP contribution < -0.4 is 10.6 Å². The Morgan fingerprint density at radius 2 is 1.16 bits per heavy atom. The number of amides is 1. The molecule has 2 aliphatic rings. The van der Waals surface area contributed by atoms with Crippen LogP contribution in [0.3, 0.4) is 0 Å². The summed E-state index contributed by atoms with van der Waals surface area (Å²) in [6.07, 6.45) is -15.3. The largest absolute Gasteiger partial charge is 0.490 e. The highest BCUT2D eigenvalue weighted by atomic mass is 19.4. The molecule has 366 valence electrons. The van der Waals surface area contributed by atoms with Crippen LogP contribution in [0.25, 0.3) is 11.1 Å². The molecule has 2 fully saturated rings. The Hall–Kier alpha value is -6.10. The highest BCUT2D eigenvalue weighted by molar-refractivity contribution is 5.94. The minimum Gasteiger partial charge on any atom is -0.475 e. The summed E-state index contributed by atoms with van der Waals surface area (Å²) in [6.45, 7) is 12.5. The molecule has 0 spiro atoms. The number of piperazine rings is 2. The molecule has 0 bridgehead atoms. The van der Waals surface area contributed by atoms with Crippen LogP contribution >= 0.6 is 0 Å². The van der Waals surface area contributed by atoms with E-state index < -0.39 is 36.4 Å². The van der Waals surface area contributed by atoms with Crippen molar-refractivity contribution in [1.29, 1.82) is 0 Å². The second-order valence-electron chi connectivity index (χ2n) is 15.9. The zero-order valence-corrected chi connectivity index (χ0v) is 36.2. The van der Waals surface area contributed by atoms with Crippen LogP contribution in [0, 0.1) is 5.82 Å². The number of quaternary nitrogens is 1. The Balaban J connectivity index is 0.000000471. The molecule has 0 radical (unpaired) electrons. The zero-order chi connectivity index (χ0) is 50.2. The lowest BCUT2D eigenvalue weighted by molar-refractivity contribution is -0.926. The fraction of sp³-hybridized carbons (Fsp3) is 0.378. The molecule has 5 N–H and O–H groups in total. The highest BCUT2D eigenvalue weighted by Gasteiger charge is 2.39. The maximum atomic E-state index is 15.0. The lowest BCUT2D eigenvalue weighted by Crippen LogP contribution is -2.56. The minimum absolute atomic E-state index is 0.120. The number of carboxylic acids is 3. The molecule has 2 aliphatic heterocycles. The SMILES string of the molecule is C[C@H]1CN(Cc2cccc(-c3cc(CNC(=O)c4cccc(CN5CC[N+](C)(Cc6ccccc6)CC5)c4)ccc3F)c2)CCN1.O=C(O)C(F)(F)F.O=C(O)C(F)(F)F.O=C(O)C(F)(F)F. The molecule has 2 saturated heterocycles. The van der Waals surface area contributed by atoms with E-state index in [1.165, 1.54) is 17.2 Å². The van der Waals surface area contributed by atoms with Gasteiger partial charge < -0.3 is 30.4 Å². The van der Waals surface area contributed by atoms with Gasteiger partial charge in [-0.1, -0.05) is 66.7 Å². The lowest BCUT2D eigenvalue weighted by Gasteiger charge is -2.42. The summed E-state index contributed by atoms with van der Waals surface area (Å²) in [5.41, 5.74) is 6.64. The fourth-order valence-corrected chi connectivity index (χ4v) is 6.84. The molecule has 1 amide bonds. The van der Waals surface area contributed by atoms with Crippen molar-refractivity contribution in [3.63, 3.8) is 0 Å². The van der Waals surface area contributed by atoms with Crippen LogP contribution in [-0.2, 0) is 40.6 Å². The summed E-state index contributed by atoms with van der Waals surface area (Å²) in [5.74, 6) is -8.65. The number of hydrogen-bond acceptors (Lipinski definition) is 7. The number of aliphatic carboxylic acids is 3. The molecular formula is C45H50F10N5O7+. The minimum atomic E-state index is -5.08. The van der Waals surface area contributed by atoms with E-state index in [9.17, 15) is 44.3 Å². The van der Waals surface area contributed by atoms with Gasteiger partial charge in [0.25, 0.3) is 5.91 Å². The van der Waals surface area contributed by atoms with E-state index in [1.54, 1.807) is 6.07 Å². The standard InChI is InChI=1S/C39H46FN5O.3C2HF3O2/c1-30-26-44(17-16-41-30)28-33-10-6-12-35(22-33)37-24-32(14-15-38(37)40)25-42-39(46)36-13-7-11-34(23-36)27-43-18-20-45(2,21-19-43)29-31-8-4-3-5-9-31;3*3-2(4,5)1(6)7/h3-15,22-24,30,41H,16-21,25-29H2,1-2H3;3*(H,6,7)/p+1/t30-;;;/m0.../s1. The molecule has 4 aromatic carbocycles. The van der Waals surface area contributed by atoms with Crippen molar-refractivity contribution in [3.8, 4) is 11.1 Å². The van der Waals surface area contributed by atoms with Gasteiger partial charge in [0.15, 0.2) is 0 Å². The third-order valence-corrected chi connectivity index (χ3v) is 10.2. The summed E-state index contributed by atoms with van der Waals surface area (Å²) >= 11 is 0. The Morgan fingerprint density at radius 3 is 1.70 bits per heavy atom.